The molecule has 1 fully saturated rings. The lowest BCUT2D eigenvalue weighted by molar-refractivity contribution is 0.366. The first-order chi connectivity index (χ1) is 8.98. The van der Waals surface area contributed by atoms with E-state index in [9.17, 15) is 8.42 Å². The summed E-state index contributed by atoms with van der Waals surface area (Å²) in [6.07, 6.45) is 5.34. The van der Waals surface area contributed by atoms with Crippen LogP contribution < -0.4 is 5.32 Å². The highest BCUT2D eigenvalue weighted by Gasteiger charge is 2.32. The zero-order chi connectivity index (χ0) is 13.9. The molecule has 19 heavy (non-hydrogen) atoms. The van der Waals surface area contributed by atoms with E-state index in [4.69, 9.17) is 0 Å². The Labute approximate surface area is 120 Å². The van der Waals surface area contributed by atoms with E-state index in [2.05, 4.69) is 29.8 Å². The van der Waals surface area contributed by atoms with Gasteiger partial charge in [-0.25, -0.2) is 8.42 Å². The van der Waals surface area contributed by atoms with E-state index < -0.39 is 9.84 Å². The maximum absolute atomic E-state index is 11.8. The zero-order valence-corrected chi connectivity index (χ0v) is 13.3. The number of rotatable bonds is 5. The maximum atomic E-state index is 11.8. The molecule has 1 saturated carbocycles. The average Bonchev–Trinajstić information content (AvgIpc) is 2.89. The highest BCUT2D eigenvalue weighted by Crippen LogP contribution is 2.25. The smallest absolute Gasteiger partial charge is 0.151 e. The van der Waals surface area contributed by atoms with Gasteiger partial charge in [-0.3, -0.25) is 0 Å². The molecule has 1 aromatic rings. The Balaban J connectivity index is 1.93. The Morgan fingerprint density at radius 1 is 1.42 bits per heavy atom. The third-order valence-corrected chi connectivity index (χ3v) is 6.74. The van der Waals surface area contributed by atoms with Crippen LogP contribution in [0.1, 0.15) is 43.4 Å². The van der Waals surface area contributed by atoms with Crippen LogP contribution in [0.15, 0.2) is 17.5 Å². The average molecular weight is 301 g/mol. The minimum Gasteiger partial charge on any atom is -0.312 e. The highest BCUT2D eigenvalue weighted by molar-refractivity contribution is 7.91. The lowest BCUT2D eigenvalue weighted by Gasteiger charge is -2.31. The van der Waals surface area contributed by atoms with Crippen LogP contribution >= 0.6 is 11.3 Å². The number of thiophene rings is 1. The van der Waals surface area contributed by atoms with Crippen LogP contribution in [0.25, 0.3) is 0 Å². The summed E-state index contributed by atoms with van der Waals surface area (Å²) in [4.78, 5) is 1.36. The summed E-state index contributed by atoms with van der Waals surface area (Å²) in [6, 6.07) is 4.34. The van der Waals surface area contributed by atoms with Gasteiger partial charge in [0.05, 0.1) is 5.25 Å². The van der Waals surface area contributed by atoms with E-state index in [1.807, 2.05) is 0 Å². The second kappa shape index (κ2) is 6.37. The molecular formula is C14H23NO2S2. The molecule has 1 N–H and O–H groups in total. The van der Waals surface area contributed by atoms with Crippen LogP contribution in [0, 0.1) is 0 Å². The molecule has 0 spiro atoms. The van der Waals surface area contributed by atoms with Crippen molar-refractivity contribution >= 4 is 21.2 Å². The van der Waals surface area contributed by atoms with Gasteiger partial charge in [-0.05, 0) is 24.3 Å². The molecule has 0 unspecified atom stereocenters. The van der Waals surface area contributed by atoms with Gasteiger partial charge in [0.2, 0.25) is 0 Å². The molecule has 2 rings (SSSR count). The predicted molar refractivity (Wildman–Crippen MR) is 81.6 cm³/mol. The summed E-state index contributed by atoms with van der Waals surface area (Å²) < 4.78 is 23.7. The summed E-state index contributed by atoms with van der Waals surface area (Å²) in [5, 5.41) is 5.39. The van der Waals surface area contributed by atoms with Gasteiger partial charge in [-0.1, -0.05) is 25.8 Å². The van der Waals surface area contributed by atoms with Crippen molar-refractivity contribution in [1.82, 2.24) is 5.32 Å². The summed E-state index contributed by atoms with van der Waals surface area (Å²) in [6.45, 7) is 3.05. The lowest BCUT2D eigenvalue weighted by Crippen LogP contribution is -2.46. The fourth-order valence-electron chi connectivity index (χ4n) is 2.84. The fourth-order valence-corrected chi connectivity index (χ4v) is 5.05. The number of hydrogen-bond acceptors (Lipinski definition) is 4. The summed E-state index contributed by atoms with van der Waals surface area (Å²) >= 11 is 1.77. The number of nitrogens with one attached hydrogen (secondary N) is 1. The van der Waals surface area contributed by atoms with Gasteiger partial charge in [0.25, 0.3) is 0 Å². The van der Waals surface area contributed by atoms with Gasteiger partial charge in [0.1, 0.15) is 0 Å². The molecule has 0 radical (unpaired) electrons. The van der Waals surface area contributed by atoms with Crippen molar-refractivity contribution in [3.63, 3.8) is 0 Å². The van der Waals surface area contributed by atoms with Crippen LogP contribution in [-0.2, 0) is 9.84 Å². The van der Waals surface area contributed by atoms with Gasteiger partial charge < -0.3 is 5.32 Å². The van der Waals surface area contributed by atoms with E-state index >= 15 is 0 Å². The zero-order valence-electron chi connectivity index (χ0n) is 11.6. The fraction of sp³-hybridized carbons (Fsp3) is 0.714. The minimum atomic E-state index is -2.94. The van der Waals surface area contributed by atoms with Gasteiger partial charge in [0.15, 0.2) is 9.84 Å². The van der Waals surface area contributed by atoms with E-state index in [0.717, 1.165) is 32.2 Å². The third kappa shape index (κ3) is 4.04. The van der Waals surface area contributed by atoms with Crippen LogP contribution in [0.5, 0.6) is 0 Å². The lowest BCUT2D eigenvalue weighted by atomic mass is 9.94. The van der Waals surface area contributed by atoms with E-state index in [0.29, 0.717) is 5.92 Å². The molecule has 1 aliphatic carbocycles. The normalized spacial score (nSPS) is 26.2. The summed E-state index contributed by atoms with van der Waals surface area (Å²) in [5.74, 6) is 0.446. The largest absolute Gasteiger partial charge is 0.312 e. The molecule has 1 heterocycles. The molecule has 5 heteroatoms. The summed E-state index contributed by atoms with van der Waals surface area (Å²) in [7, 11) is -2.94. The molecule has 0 saturated heterocycles. The standard InChI is InChI=1S/C14H23NO2S2/c1-11(13-7-5-9-18-13)10-15-12-6-3-4-8-14(12)19(2,16)17/h5,7,9,11-12,14-15H,3-4,6,8,10H2,1-2H3/t11-,12+,14+/m1/s1. The predicted octanol–water partition coefficient (Wildman–Crippen LogP) is 2.80. The number of sulfone groups is 1. The van der Waals surface area contributed by atoms with Crippen molar-refractivity contribution < 1.29 is 8.42 Å². The summed E-state index contributed by atoms with van der Waals surface area (Å²) in [5.41, 5.74) is 0. The van der Waals surface area contributed by atoms with Crippen molar-refractivity contribution in [2.24, 2.45) is 0 Å². The van der Waals surface area contributed by atoms with Gasteiger partial charge in [0, 0.05) is 29.6 Å². The molecule has 1 aliphatic rings. The van der Waals surface area contributed by atoms with Crippen LogP contribution in [0.2, 0.25) is 0 Å². The van der Waals surface area contributed by atoms with Crippen molar-refractivity contribution in [2.45, 2.75) is 49.8 Å². The Kier molecular flexibility index (Phi) is 5.03. The second-order valence-corrected chi connectivity index (χ2v) is 8.83. The van der Waals surface area contributed by atoms with E-state index in [1.165, 1.54) is 11.1 Å². The van der Waals surface area contributed by atoms with Crippen molar-refractivity contribution in [1.29, 1.82) is 0 Å². The quantitative estimate of drug-likeness (QED) is 0.909. The van der Waals surface area contributed by atoms with E-state index in [-0.39, 0.29) is 11.3 Å². The van der Waals surface area contributed by atoms with Crippen LogP contribution in [-0.4, -0.2) is 32.5 Å². The van der Waals surface area contributed by atoms with E-state index in [1.54, 1.807) is 11.3 Å². The first-order valence-electron chi connectivity index (χ1n) is 6.94. The number of hydrogen-bond donors (Lipinski definition) is 1. The molecule has 0 aromatic carbocycles. The maximum Gasteiger partial charge on any atom is 0.151 e. The molecular weight excluding hydrogens is 278 g/mol. The molecule has 0 bridgehead atoms. The molecule has 3 atom stereocenters. The minimum absolute atomic E-state index is 0.131. The van der Waals surface area contributed by atoms with Gasteiger partial charge in [-0.15, -0.1) is 11.3 Å². The van der Waals surface area contributed by atoms with Crippen LogP contribution in [0.3, 0.4) is 0 Å². The molecule has 3 nitrogen and oxygen atoms in total. The second-order valence-electron chi connectivity index (χ2n) is 5.58. The van der Waals surface area contributed by atoms with Gasteiger partial charge >= 0.3 is 0 Å². The van der Waals surface area contributed by atoms with Crippen molar-refractivity contribution in [3.8, 4) is 0 Å². The highest BCUT2D eigenvalue weighted by atomic mass is 32.2. The third-order valence-electron chi connectivity index (χ3n) is 3.97. The topological polar surface area (TPSA) is 46.2 Å². The Hall–Kier alpha value is -0.390. The molecule has 0 aliphatic heterocycles. The first kappa shape index (κ1) is 15.0. The van der Waals surface area contributed by atoms with Crippen molar-refractivity contribution in [2.75, 3.05) is 12.8 Å². The van der Waals surface area contributed by atoms with Crippen molar-refractivity contribution in [3.05, 3.63) is 22.4 Å². The van der Waals surface area contributed by atoms with Crippen LogP contribution in [0.4, 0.5) is 0 Å². The SMILES string of the molecule is C[C@H](CN[C@H]1CCCC[C@@H]1S(C)(=O)=O)c1cccs1. The Morgan fingerprint density at radius 2 is 2.16 bits per heavy atom. The Bertz CT molecular complexity index is 482. The Morgan fingerprint density at radius 3 is 2.79 bits per heavy atom. The molecule has 108 valence electrons. The van der Waals surface area contributed by atoms with Gasteiger partial charge in [-0.2, -0.15) is 0 Å². The first-order valence-corrected chi connectivity index (χ1v) is 9.77. The molecule has 1 aromatic heterocycles. The molecule has 0 amide bonds. The monoisotopic (exact) mass is 301 g/mol.